The third kappa shape index (κ3) is 3.14. The summed E-state index contributed by atoms with van der Waals surface area (Å²) in [7, 11) is 0. The molecule has 29 heavy (non-hydrogen) atoms. The number of nitrogens with two attached hydrogens (primary N) is 1. The van der Waals surface area contributed by atoms with Gasteiger partial charge >= 0.3 is 0 Å². The molecule has 3 aromatic heterocycles. The largest absolute Gasteiger partial charge is 0.474 e. The Morgan fingerprint density at radius 1 is 1.14 bits per heavy atom. The highest BCUT2D eigenvalue weighted by Crippen LogP contribution is 2.37. The van der Waals surface area contributed by atoms with Crippen LogP contribution in [0.4, 0.5) is 23.0 Å². The number of anilines is 4. The molecule has 0 unspecified atom stereocenters. The lowest BCUT2D eigenvalue weighted by atomic mass is 9.99. The maximum absolute atomic E-state index is 6.32. The van der Waals surface area contributed by atoms with Crippen LogP contribution in [-0.4, -0.2) is 33.1 Å². The van der Waals surface area contributed by atoms with E-state index in [1.807, 2.05) is 37.4 Å². The summed E-state index contributed by atoms with van der Waals surface area (Å²) in [5.74, 6) is 1.13. The van der Waals surface area contributed by atoms with Crippen molar-refractivity contribution in [1.82, 2.24) is 19.9 Å². The Morgan fingerprint density at radius 3 is 2.86 bits per heavy atom. The van der Waals surface area contributed by atoms with Gasteiger partial charge in [-0.25, -0.2) is 15.0 Å². The first-order valence-electron chi connectivity index (χ1n) is 9.29. The number of pyridine rings is 2. The van der Waals surface area contributed by atoms with Crippen molar-refractivity contribution in [1.29, 1.82) is 0 Å². The van der Waals surface area contributed by atoms with Gasteiger partial charge in [0.2, 0.25) is 11.8 Å². The smallest absolute Gasteiger partial charge is 0.237 e. The van der Waals surface area contributed by atoms with Crippen LogP contribution in [-0.2, 0) is 0 Å². The quantitative estimate of drug-likeness (QED) is 0.459. The van der Waals surface area contributed by atoms with Gasteiger partial charge in [0.25, 0.3) is 0 Å². The molecule has 144 valence electrons. The van der Waals surface area contributed by atoms with Crippen molar-refractivity contribution >= 4 is 33.9 Å². The van der Waals surface area contributed by atoms with Crippen LogP contribution in [0, 0.1) is 6.92 Å². The van der Waals surface area contributed by atoms with Crippen molar-refractivity contribution in [3.63, 3.8) is 0 Å². The summed E-state index contributed by atoms with van der Waals surface area (Å²) in [5, 5.41) is 7.36. The fourth-order valence-electron chi connectivity index (χ4n) is 3.45. The maximum atomic E-state index is 6.32. The first-order chi connectivity index (χ1) is 14.2. The number of aromatic nitrogens is 4. The van der Waals surface area contributed by atoms with Crippen LogP contribution >= 0.6 is 0 Å². The third-order valence-electron chi connectivity index (χ3n) is 4.93. The number of nitrogens with zero attached hydrogens (tertiary/aromatic N) is 4. The number of benzene rings is 1. The van der Waals surface area contributed by atoms with E-state index in [9.17, 15) is 0 Å². The number of hydrogen-bond acceptors (Lipinski definition) is 8. The molecule has 0 bridgehead atoms. The highest BCUT2D eigenvalue weighted by Gasteiger charge is 2.18. The van der Waals surface area contributed by atoms with Gasteiger partial charge in [0.15, 0.2) is 0 Å². The second-order valence-electron chi connectivity index (χ2n) is 6.81. The predicted octanol–water partition coefficient (Wildman–Crippen LogP) is 3.53. The summed E-state index contributed by atoms with van der Waals surface area (Å²) in [6.45, 7) is 3.43. The minimum absolute atomic E-state index is 0.496. The normalized spacial score (nSPS) is 12.7. The Bertz CT molecular complexity index is 1210. The van der Waals surface area contributed by atoms with Crippen LogP contribution < -0.4 is 21.1 Å². The van der Waals surface area contributed by atoms with Gasteiger partial charge in [-0.2, -0.15) is 0 Å². The van der Waals surface area contributed by atoms with E-state index >= 15 is 0 Å². The number of ether oxygens (including phenoxy) is 1. The van der Waals surface area contributed by atoms with Gasteiger partial charge in [0.1, 0.15) is 12.3 Å². The maximum Gasteiger partial charge on any atom is 0.237 e. The molecule has 0 spiro atoms. The Balaban J connectivity index is 1.58. The zero-order chi connectivity index (χ0) is 19.8. The molecule has 1 aliphatic rings. The zero-order valence-electron chi connectivity index (χ0n) is 15.8. The second-order valence-corrected chi connectivity index (χ2v) is 6.81. The van der Waals surface area contributed by atoms with Crippen molar-refractivity contribution in [2.24, 2.45) is 0 Å². The third-order valence-corrected chi connectivity index (χ3v) is 4.93. The Labute approximate surface area is 167 Å². The monoisotopic (exact) mass is 385 g/mol. The summed E-state index contributed by atoms with van der Waals surface area (Å²) in [4.78, 5) is 17.5. The van der Waals surface area contributed by atoms with Gasteiger partial charge in [0.05, 0.1) is 5.52 Å². The van der Waals surface area contributed by atoms with E-state index in [-0.39, 0.29) is 0 Å². The molecule has 0 saturated carbocycles. The number of hydrogen-bond donors (Lipinski definition) is 3. The highest BCUT2D eigenvalue weighted by molar-refractivity contribution is 5.95. The topological polar surface area (TPSA) is 111 Å². The lowest BCUT2D eigenvalue weighted by Gasteiger charge is -2.21. The van der Waals surface area contributed by atoms with Crippen molar-refractivity contribution in [2.45, 2.75) is 6.92 Å². The molecule has 0 saturated heterocycles. The molecule has 0 aliphatic carbocycles. The van der Waals surface area contributed by atoms with Gasteiger partial charge in [-0.15, -0.1) is 0 Å². The molecular formula is C21H19N7O. The van der Waals surface area contributed by atoms with Gasteiger partial charge in [-0.1, -0.05) is 0 Å². The van der Waals surface area contributed by atoms with Crippen molar-refractivity contribution < 1.29 is 4.74 Å². The van der Waals surface area contributed by atoms with E-state index in [0.717, 1.165) is 45.5 Å². The number of nitrogens with one attached hydrogen (secondary N) is 2. The zero-order valence-corrected chi connectivity index (χ0v) is 15.8. The molecule has 8 nitrogen and oxygen atoms in total. The summed E-state index contributed by atoms with van der Waals surface area (Å²) in [5.41, 5.74) is 12.5. The molecule has 5 rings (SSSR count). The first kappa shape index (κ1) is 17.2. The van der Waals surface area contributed by atoms with Gasteiger partial charge in [-0.05, 0) is 42.3 Å². The van der Waals surface area contributed by atoms with Crippen LogP contribution in [0.1, 0.15) is 5.56 Å². The van der Waals surface area contributed by atoms with E-state index in [2.05, 4.69) is 30.6 Å². The Morgan fingerprint density at radius 2 is 2.00 bits per heavy atom. The SMILES string of the molecule is Cc1c(-c2cc(N)c3cnc(Nc4ccncc4)nc3c2)cnc2c1NCCO2. The van der Waals surface area contributed by atoms with E-state index < -0.39 is 0 Å². The van der Waals surface area contributed by atoms with Crippen LogP contribution in [0.15, 0.2) is 49.1 Å². The molecule has 0 amide bonds. The summed E-state index contributed by atoms with van der Waals surface area (Å²) in [6.07, 6.45) is 6.98. The van der Waals surface area contributed by atoms with Crippen LogP contribution in [0.5, 0.6) is 5.88 Å². The lowest BCUT2D eigenvalue weighted by molar-refractivity contribution is 0.310. The van der Waals surface area contributed by atoms with Crippen molar-refractivity contribution in [3.8, 4) is 17.0 Å². The average Bonchev–Trinajstić information content (AvgIpc) is 2.75. The standard InChI is InChI=1S/C21H19N7O/c1-12-15(10-25-20-19(12)24-6-7-29-20)13-8-17(22)16-11-26-21(28-18(16)9-13)27-14-2-4-23-5-3-14/h2-5,8-11,24H,6-7,22H2,1H3,(H,23,26,27,28). The molecule has 0 atom stereocenters. The summed E-state index contributed by atoms with van der Waals surface area (Å²) < 4.78 is 5.63. The molecule has 4 heterocycles. The highest BCUT2D eigenvalue weighted by atomic mass is 16.5. The molecule has 0 radical (unpaired) electrons. The van der Waals surface area contributed by atoms with Crippen LogP contribution in [0.3, 0.4) is 0 Å². The van der Waals surface area contributed by atoms with Crippen LogP contribution in [0.2, 0.25) is 0 Å². The average molecular weight is 385 g/mol. The van der Waals surface area contributed by atoms with Gasteiger partial charge in [-0.3, -0.25) is 4.98 Å². The number of fused-ring (bicyclic) bond motifs is 2. The van der Waals surface area contributed by atoms with E-state index in [0.29, 0.717) is 24.1 Å². The van der Waals surface area contributed by atoms with Crippen molar-refractivity contribution in [2.75, 3.05) is 29.5 Å². The Hall–Kier alpha value is -3.94. The molecule has 4 N–H and O–H groups in total. The van der Waals surface area contributed by atoms with E-state index in [1.165, 1.54) is 0 Å². The first-order valence-corrected chi connectivity index (χ1v) is 9.29. The number of rotatable bonds is 3. The minimum Gasteiger partial charge on any atom is -0.474 e. The molecule has 4 aromatic rings. The summed E-state index contributed by atoms with van der Waals surface area (Å²) >= 11 is 0. The van der Waals surface area contributed by atoms with E-state index in [4.69, 9.17) is 10.5 Å². The summed E-state index contributed by atoms with van der Waals surface area (Å²) in [6, 6.07) is 7.65. The van der Waals surface area contributed by atoms with Crippen molar-refractivity contribution in [3.05, 3.63) is 54.6 Å². The van der Waals surface area contributed by atoms with Crippen LogP contribution in [0.25, 0.3) is 22.0 Å². The minimum atomic E-state index is 0.496. The molecule has 0 fully saturated rings. The van der Waals surface area contributed by atoms with E-state index in [1.54, 1.807) is 18.6 Å². The molecule has 1 aliphatic heterocycles. The second kappa shape index (κ2) is 6.90. The predicted molar refractivity (Wildman–Crippen MR) is 113 cm³/mol. The molecular weight excluding hydrogens is 366 g/mol. The fraction of sp³-hybridized carbons (Fsp3) is 0.143. The Kier molecular flexibility index (Phi) is 4.09. The lowest BCUT2D eigenvalue weighted by Crippen LogP contribution is -2.20. The fourth-order valence-corrected chi connectivity index (χ4v) is 3.45. The molecule has 1 aromatic carbocycles. The van der Waals surface area contributed by atoms with Gasteiger partial charge < -0.3 is 21.1 Å². The molecule has 8 heteroatoms. The van der Waals surface area contributed by atoms with Gasteiger partial charge in [0, 0.05) is 53.7 Å². The number of nitrogen functional groups attached to an aromatic ring is 1.